The van der Waals surface area contributed by atoms with E-state index in [9.17, 15) is 23.2 Å². The number of esters is 1. The Morgan fingerprint density at radius 3 is 2.20 bits per heavy atom. The summed E-state index contributed by atoms with van der Waals surface area (Å²) in [6.07, 6.45) is -1.15. The third-order valence-electron chi connectivity index (χ3n) is 4.04. The van der Waals surface area contributed by atoms with Gasteiger partial charge < -0.3 is 19.7 Å². The van der Waals surface area contributed by atoms with Crippen molar-refractivity contribution in [1.82, 2.24) is 4.90 Å². The Hall–Kier alpha value is -3.49. The van der Waals surface area contributed by atoms with Crippen LogP contribution in [0, 0.1) is 6.92 Å². The number of aryl methyl sites for hydroxylation is 1. The summed E-state index contributed by atoms with van der Waals surface area (Å²) in [6.45, 7) is 0.0999. The predicted molar refractivity (Wildman–Crippen MR) is 105 cm³/mol. The van der Waals surface area contributed by atoms with Gasteiger partial charge in [0.15, 0.2) is 6.10 Å². The maximum absolute atomic E-state index is 12.4. The van der Waals surface area contributed by atoms with Crippen LogP contribution in [0.25, 0.3) is 0 Å². The molecular formula is C21H22F2N2O5. The first-order chi connectivity index (χ1) is 14.2. The van der Waals surface area contributed by atoms with E-state index in [1.165, 1.54) is 38.2 Å². The number of hydrogen-bond donors (Lipinski definition) is 1. The van der Waals surface area contributed by atoms with Crippen molar-refractivity contribution in [2.75, 3.05) is 18.9 Å². The molecule has 160 valence electrons. The molecule has 0 unspecified atom stereocenters. The van der Waals surface area contributed by atoms with Crippen molar-refractivity contribution in [3.05, 3.63) is 59.7 Å². The lowest BCUT2D eigenvalue weighted by Crippen LogP contribution is -2.41. The minimum atomic E-state index is -2.97. The first-order valence-electron chi connectivity index (χ1n) is 9.03. The Labute approximate surface area is 172 Å². The number of carbonyl (C=O) groups excluding carboxylic acids is 3. The van der Waals surface area contributed by atoms with Crippen molar-refractivity contribution in [2.24, 2.45) is 0 Å². The largest absolute Gasteiger partial charge is 0.449 e. The van der Waals surface area contributed by atoms with Crippen LogP contribution >= 0.6 is 0 Å². The molecule has 30 heavy (non-hydrogen) atoms. The van der Waals surface area contributed by atoms with Gasteiger partial charge in [0.25, 0.3) is 5.91 Å². The molecule has 9 heteroatoms. The lowest BCUT2D eigenvalue weighted by atomic mass is 10.2. The summed E-state index contributed by atoms with van der Waals surface area (Å²) in [7, 11) is 1.41. The fourth-order valence-corrected chi connectivity index (χ4v) is 2.49. The summed E-state index contributed by atoms with van der Waals surface area (Å²) in [5.74, 6) is -1.88. The van der Waals surface area contributed by atoms with Crippen LogP contribution in [0.1, 0.15) is 22.8 Å². The molecule has 7 nitrogen and oxygen atoms in total. The highest BCUT2D eigenvalue weighted by atomic mass is 19.3. The van der Waals surface area contributed by atoms with Crippen molar-refractivity contribution in [3.8, 4) is 5.75 Å². The van der Waals surface area contributed by atoms with Crippen LogP contribution in [0.5, 0.6) is 5.75 Å². The van der Waals surface area contributed by atoms with Gasteiger partial charge in [0.05, 0.1) is 12.1 Å². The lowest BCUT2D eigenvalue weighted by Gasteiger charge is -2.21. The summed E-state index contributed by atoms with van der Waals surface area (Å²) in [4.78, 5) is 37.8. The van der Waals surface area contributed by atoms with E-state index in [4.69, 9.17) is 4.74 Å². The molecule has 0 saturated heterocycles. The zero-order valence-electron chi connectivity index (χ0n) is 16.7. The molecule has 0 radical (unpaired) electrons. The van der Waals surface area contributed by atoms with Gasteiger partial charge >= 0.3 is 12.6 Å². The van der Waals surface area contributed by atoms with E-state index in [0.717, 1.165) is 10.5 Å². The molecular weight excluding hydrogens is 398 g/mol. The average molecular weight is 420 g/mol. The third-order valence-corrected chi connectivity index (χ3v) is 4.04. The van der Waals surface area contributed by atoms with Crippen molar-refractivity contribution in [2.45, 2.75) is 26.6 Å². The Bertz CT molecular complexity index is 885. The van der Waals surface area contributed by atoms with E-state index < -0.39 is 30.5 Å². The SMILES string of the molecule is Cc1ccc(NC(=O)CN(C)C(=O)[C@@H](C)OC(=O)c2ccc(OC(F)F)cc2)cc1. The van der Waals surface area contributed by atoms with Gasteiger partial charge in [-0.15, -0.1) is 0 Å². The number of likely N-dealkylation sites (N-methyl/N-ethyl adjacent to an activating group) is 1. The van der Waals surface area contributed by atoms with Crippen LogP contribution < -0.4 is 10.1 Å². The summed E-state index contributed by atoms with van der Waals surface area (Å²) in [5.41, 5.74) is 1.72. The number of nitrogens with one attached hydrogen (secondary N) is 1. The van der Waals surface area contributed by atoms with Gasteiger partial charge in [0.1, 0.15) is 5.75 Å². The molecule has 2 amide bonds. The maximum atomic E-state index is 12.4. The Morgan fingerprint density at radius 1 is 1.03 bits per heavy atom. The van der Waals surface area contributed by atoms with E-state index in [2.05, 4.69) is 10.1 Å². The van der Waals surface area contributed by atoms with Crippen molar-refractivity contribution >= 4 is 23.5 Å². The van der Waals surface area contributed by atoms with Crippen molar-refractivity contribution in [1.29, 1.82) is 0 Å². The predicted octanol–water partition coefficient (Wildman–Crippen LogP) is 3.24. The Morgan fingerprint density at radius 2 is 1.63 bits per heavy atom. The number of rotatable bonds is 8. The van der Waals surface area contributed by atoms with Crippen LogP contribution in [-0.4, -0.2) is 49.0 Å². The molecule has 0 spiro atoms. The van der Waals surface area contributed by atoms with Crippen LogP contribution in [0.3, 0.4) is 0 Å². The highest BCUT2D eigenvalue weighted by molar-refractivity contribution is 5.96. The minimum Gasteiger partial charge on any atom is -0.449 e. The van der Waals surface area contributed by atoms with Crippen LogP contribution in [0.4, 0.5) is 14.5 Å². The first kappa shape index (κ1) is 22.8. The summed E-state index contributed by atoms with van der Waals surface area (Å²) >= 11 is 0. The lowest BCUT2D eigenvalue weighted by molar-refractivity contribution is -0.140. The highest BCUT2D eigenvalue weighted by Crippen LogP contribution is 2.16. The topological polar surface area (TPSA) is 84.9 Å². The van der Waals surface area contributed by atoms with Gasteiger partial charge in [-0.2, -0.15) is 8.78 Å². The number of carbonyl (C=O) groups is 3. The Kier molecular flexibility index (Phi) is 7.85. The zero-order chi connectivity index (χ0) is 22.3. The van der Waals surface area contributed by atoms with Gasteiger partial charge in [-0.25, -0.2) is 4.79 Å². The standard InChI is InChI=1S/C21H22F2N2O5/c1-13-4-8-16(9-5-13)24-18(26)12-25(3)19(27)14(2)29-20(28)15-6-10-17(11-7-15)30-21(22)23/h4-11,14,21H,12H2,1-3H3,(H,24,26)/t14-/m1/s1. The molecule has 0 aromatic heterocycles. The normalized spacial score (nSPS) is 11.5. The second-order valence-corrected chi connectivity index (χ2v) is 6.56. The minimum absolute atomic E-state index is 0.0658. The van der Waals surface area contributed by atoms with Gasteiger partial charge in [0.2, 0.25) is 5.91 Å². The second-order valence-electron chi connectivity index (χ2n) is 6.56. The van der Waals surface area contributed by atoms with Crippen molar-refractivity contribution < 1.29 is 32.6 Å². The first-order valence-corrected chi connectivity index (χ1v) is 9.03. The van der Waals surface area contributed by atoms with Crippen LogP contribution in [0.2, 0.25) is 0 Å². The van der Waals surface area contributed by atoms with Gasteiger partial charge in [-0.05, 0) is 50.2 Å². The Balaban J connectivity index is 1.86. The summed E-state index contributed by atoms with van der Waals surface area (Å²) < 4.78 is 33.6. The molecule has 2 rings (SSSR count). The number of hydrogen-bond acceptors (Lipinski definition) is 5. The fraction of sp³-hybridized carbons (Fsp3) is 0.286. The average Bonchev–Trinajstić information content (AvgIpc) is 2.69. The molecule has 2 aromatic rings. The molecule has 0 saturated carbocycles. The van der Waals surface area contributed by atoms with E-state index in [0.29, 0.717) is 5.69 Å². The molecule has 2 aromatic carbocycles. The maximum Gasteiger partial charge on any atom is 0.387 e. The molecule has 0 heterocycles. The smallest absolute Gasteiger partial charge is 0.387 e. The van der Waals surface area contributed by atoms with E-state index in [1.807, 2.05) is 19.1 Å². The summed E-state index contributed by atoms with van der Waals surface area (Å²) in [6, 6.07) is 12.1. The molecule has 1 N–H and O–H groups in total. The second kappa shape index (κ2) is 10.3. The number of anilines is 1. The number of alkyl halides is 2. The van der Waals surface area contributed by atoms with Crippen LogP contribution in [-0.2, 0) is 14.3 Å². The van der Waals surface area contributed by atoms with Gasteiger partial charge in [-0.1, -0.05) is 17.7 Å². The molecule has 1 atom stereocenters. The molecule has 0 fully saturated rings. The highest BCUT2D eigenvalue weighted by Gasteiger charge is 2.23. The van der Waals surface area contributed by atoms with Gasteiger partial charge in [0, 0.05) is 12.7 Å². The number of halogens is 2. The van der Waals surface area contributed by atoms with Crippen molar-refractivity contribution in [3.63, 3.8) is 0 Å². The fourth-order valence-electron chi connectivity index (χ4n) is 2.49. The van der Waals surface area contributed by atoms with E-state index in [1.54, 1.807) is 12.1 Å². The number of nitrogens with zero attached hydrogens (tertiary/aromatic N) is 1. The monoisotopic (exact) mass is 420 g/mol. The quantitative estimate of drug-likeness (QED) is 0.663. The van der Waals surface area contributed by atoms with E-state index >= 15 is 0 Å². The zero-order valence-corrected chi connectivity index (χ0v) is 16.7. The molecule has 0 aliphatic carbocycles. The molecule has 0 aliphatic rings. The van der Waals surface area contributed by atoms with Crippen LogP contribution in [0.15, 0.2) is 48.5 Å². The number of benzene rings is 2. The molecule has 0 aliphatic heterocycles. The van der Waals surface area contributed by atoms with Gasteiger partial charge in [-0.3, -0.25) is 9.59 Å². The number of ether oxygens (including phenoxy) is 2. The number of amides is 2. The van der Waals surface area contributed by atoms with E-state index in [-0.39, 0.29) is 17.9 Å². The third kappa shape index (κ3) is 6.84. The molecule has 0 bridgehead atoms. The summed E-state index contributed by atoms with van der Waals surface area (Å²) in [5, 5.41) is 2.67.